The lowest BCUT2D eigenvalue weighted by Gasteiger charge is -2.34. The third-order valence-electron chi connectivity index (χ3n) is 4.74. The van der Waals surface area contributed by atoms with E-state index in [0.29, 0.717) is 0 Å². The van der Waals surface area contributed by atoms with E-state index in [0.717, 1.165) is 44.0 Å². The molecule has 0 saturated carbocycles. The molecule has 4 nitrogen and oxygen atoms in total. The van der Waals surface area contributed by atoms with Gasteiger partial charge in [0.25, 0.3) is 0 Å². The number of rotatable bonds is 5. The number of methoxy groups -OCH3 is 1. The van der Waals surface area contributed by atoms with Gasteiger partial charge in [-0.2, -0.15) is 0 Å². The maximum absolute atomic E-state index is 11.4. The van der Waals surface area contributed by atoms with Crippen molar-refractivity contribution in [3.8, 4) is 5.75 Å². The normalized spacial score (nSPS) is 15.3. The van der Waals surface area contributed by atoms with Crippen molar-refractivity contribution in [3.63, 3.8) is 0 Å². The van der Waals surface area contributed by atoms with E-state index < -0.39 is 0 Å². The summed E-state index contributed by atoms with van der Waals surface area (Å²) in [5, 5.41) is 0. The van der Waals surface area contributed by atoms with Gasteiger partial charge in [-0.3, -0.25) is 4.79 Å². The minimum Gasteiger partial charge on any atom is -0.496 e. The Morgan fingerprint density at radius 2 is 1.75 bits per heavy atom. The summed E-state index contributed by atoms with van der Waals surface area (Å²) >= 11 is 0. The van der Waals surface area contributed by atoms with Gasteiger partial charge in [-0.25, -0.2) is 0 Å². The van der Waals surface area contributed by atoms with Crippen molar-refractivity contribution in [2.24, 2.45) is 0 Å². The second-order valence-corrected chi connectivity index (χ2v) is 6.33. The van der Waals surface area contributed by atoms with E-state index in [2.05, 4.69) is 29.2 Å². The van der Waals surface area contributed by atoms with Gasteiger partial charge in [0.15, 0.2) is 5.78 Å². The van der Waals surface area contributed by atoms with Crippen molar-refractivity contribution in [2.75, 3.05) is 38.2 Å². The molecule has 0 aliphatic carbocycles. The Morgan fingerprint density at radius 1 is 1.08 bits per heavy atom. The van der Waals surface area contributed by atoms with Gasteiger partial charge in [0.2, 0.25) is 0 Å². The van der Waals surface area contributed by atoms with E-state index in [1.807, 2.05) is 24.3 Å². The molecule has 0 radical (unpaired) electrons. The van der Waals surface area contributed by atoms with Crippen molar-refractivity contribution in [1.82, 2.24) is 0 Å². The molecule has 1 fully saturated rings. The van der Waals surface area contributed by atoms with Crippen molar-refractivity contribution in [2.45, 2.75) is 13.5 Å². The number of carbonyl (C=O) groups is 1. The molecule has 0 bridgehead atoms. The van der Waals surface area contributed by atoms with Gasteiger partial charge in [0, 0.05) is 16.8 Å². The Morgan fingerprint density at radius 3 is 2.38 bits per heavy atom. The molecule has 0 amide bonds. The molecule has 1 N–H and O–H groups in total. The summed E-state index contributed by atoms with van der Waals surface area (Å²) in [7, 11) is 1.73. The predicted molar refractivity (Wildman–Crippen MR) is 96.1 cm³/mol. The van der Waals surface area contributed by atoms with Gasteiger partial charge in [-0.1, -0.05) is 12.1 Å². The highest BCUT2D eigenvalue weighted by Crippen LogP contribution is 2.17. The van der Waals surface area contributed by atoms with Gasteiger partial charge >= 0.3 is 0 Å². The number of ether oxygens (including phenoxy) is 1. The van der Waals surface area contributed by atoms with Crippen LogP contribution in [0, 0.1) is 0 Å². The number of hydrogen-bond acceptors (Lipinski definition) is 3. The third kappa shape index (κ3) is 3.77. The number of carbonyl (C=O) groups excluding carboxylic acids is 1. The van der Waals surface area contributed by atoms with Crippen LogP contribution in [0.25, 0.3) is 0 Å². The highest BCUT2D eigenvalue weighted by molar-refractivity contribution is 5.94. The minimum absolute atomic E-state index is 0.118. The summed E-state index contributed by atoms with van der Waals surface area (Å²) in [5.74, 6) is 1.10. The molecule has 1 aliphatic heterocycles. The Balaban J connectivity index is 1.58. The first-order valence-electron chi connectivity index (χ1n) is 8.49. The average Bonchev–Trinajstić information content (AvgIpc) is 2.63. The molecule has 3 rings (SSSR count). The van der Waals surface area contributed by atoms with Crippen LogP contribution in [0.2, 0.25) is 0 Å². The standard InChI is InChI=1S/C20H24N2O2/c1-16(23)17-7-9-19(10-8-17)22-13-11-21(12-14-22)15-18-5-3-4-6-20(18)24-2/h3-10H,11-15H2,1-2H3/p+1. The summed E-state index contributed by atoms with van der Waals surface area (Å²) < 4.78 is 5.46. The average molecular weight is 325 g/mol. The number of quaternary nitrogens is 1. The number of para-hydroxylation sites is 1. The number of nitrogens with zero attached hydrogens (tertiary/aromatic N) is 1. The van der Waals surface area contributed by atoms with E-state index in [1.54, 1.807) is 18.9 Å². The lowest BCUT2D eigenvalue weighted by atomic mass is 10.1. The quantitative estimate of drug-likeness (QED) is 0.851. The van der Waals surface area contributed by atoms with Crippen LogP contribution in [-0.4, -0.2) is 39.1 Å². The molecular formula is C20H25N2O2+. The lowest BCUT2D eigenvalue weighted by Crippen LogP contribution is -3.13. The molecular weight excluding hydrogens is 300 g/mol. The van der Waals surface area contributed by atoms with Crippen LogP contribution in [0.15, 0.2) is 48.5 Å². The molecule has 0 atom stereocenters. The fraction of sp³-hybridized carbons (Fsp3) is 0.350. The maximum atomic E-state index is 11.4. The van der Waals surface area contributed by atoms with E-state index in [4.69, 9.17) is 4.74 Å². The van der Waals surface area contributed by atoms with Crippen molar-refractivity contribution >= 4 is 11.5 Å². The fourth-order valence-electron chi connectivity index (χ4n) is 3.28. The number of piperazine rings is 1. The zero-order valence-electron chi connectivity index (χ0n) is 14.4. The predicted octanol–water partition coefficient (Wildman–Crippen LogP) is 1.80. The summed E-state index contributed by atoms with van der Waals surface area (Å²) in [4.78, 5) is 15.4. The first-order valence-corrected chi connectivity index (χ1v) is 8.49. The van der Waals surface area contributed by atoms with E-state index in [-0.39, 0.29) is 5.78 Å². The van der Waals surface area contributed by atoms with Crippen LogP contribution in [0.5, 0.6) is 5.75 Å². The smallest absolute Gasteiger partial charge is 0.159 e. The molecule has 0 unspecified atom stereocenters. The molecule has 1 saturated heterocycles. The van der Waals surface area contributed by atoms with Crippen molar-refractivity contribution in [3.05, 3.63) is 59.7 Å². The Labute approximate surface area is 143 Å². The van der Waals surface area contributed by atoms with Gasteiger partial charge in [0.05, 0.1) is 33.3 Å². The van der Waals surface area contributed by atoms with Crippen LogP contribution < -0.4 is 14.5 Å². The van der Waals surface area contributed by atoms with Gasteiger partial charge in [-0.15, -0.1) is 0 Å². The first-order chi connectivity index (χ1) is 11.7. The van der Waals surface area contributed by atoms with Gasteiger partial charge in [-0.05, 0) is 43.3 Å². The van der Waals surface area contributed by atoms with E-state index in [1.165, 1.54) is 11.3 Å². The molecule has 1 aliphatic rings. The van der Waals surface area contributed by atoms with Crippen LogP contribution >= 0.6 is 0 Å². The van der Waals surface area contributed by atoms with Crippen LogP contribution in [0.3, 0.4) is 0 Å². The second-order valence-electron chi connectivity index (χ2n) is 6.33. The van der Waals surface area contributed by atoms with Crippen molar-refractivity contribution < 1.29 is 14.4 Å². The SMILES string of the molecule is COc1ccccc1C[NH+]1CCN(c2ccc(C(C)=O)cc2)CC1. The van der Waals surface area contributed by atoms with Crippen molar-refractivity contribution in [1.29, 1.82) is 0 Å². The summed E-state index contributed by atoms with van der Waals surface area (Å²) in [5.41, 5.74) is 3.25. The van der Waals surface area contributed by atoms with Crippen LogP contribution in [0.1, 0.15) is 22.8 Å². The number of benzene rings is 2. The molecule has 126 valence electrons. The summed E-state index contributed by atoms with van der Waals surface area (Å²) in [6, 6.07) is 16.2. The summed E-state index contributed by atoms with van der Waals surface area (Å²) in [6.45, 7) is 6.88. The monoisotopic (exact) mass is 325 g/mol. The molecule has 24 heavy (non-hydrogen) atoms. The highest BCUT2D eigenvalue weighted by Gasteiger charge is 2.21. The third-order valence-corrected chi connectivity index (χ3v) is 4.74. The van der Waals surface area contributed by atoms with Gasteiger partial charge < -0.3 is 14.5 Å². The minimum atomic E-state index is 0.118. The van der Waals surface area contributed by atoms with Gasteiger partial charge in [0.1, 0.15) is 12.3 Å². The highest BCUT2D eigenvalue weighted by atomic mass is 16.5. The largest absolute Gasteiger partial charge is 0.496 e. The zero-order chi connectivity index (χ0) is 16.9. The van der Waals surface area contributed by atoms with Crippen LogP contribution in [-0.2, 0) is 6.54 Å². The number of Topliss-reactive ketones (excluding diaryl/α,β-unsaturated/α-hetero) is 1. The lowest BCUT2D eigenvalue weighted by molar-refractivity contribution is -0.914. The topological polar surface area (TPSA) is 34.0 Å². The molecule has 2 aromatic carbocycles. The number of ketones is 1. The Kier molecular flexibility index (Phi) is 5.16. The number of anilines is 1. The Hall–Kier alpha value is -2.33. The molecule has 2 aromatic rings. The molecule has 4 heteroatoms. The first kappa shape index (κ1) is 16.5. The molecule has 0 spiro atoms. The second kappa shape index (κ2) is 7.49. The fourth-order valence-corrected chi connectivity index (χ4v) is 3.28. The number of hydrogen-bond donors (Lipinski definition) is 1. The van der Waals surface area contributed by atoms with Crippen LogP contribution in [0.4, 0.5) is 5.69 Å². The molecule has 1 heterocycles. The summed E-state index contributed by atoms with van der Waals surface area (Å²) in [6.07, 6.45) is 0. The Bertz CT molecular complexity index is 689. The van der Waals surface area contributed by atoms with E-state index in [9.17, 15) is 4.79 Å². The zero-order valence-corrected chi connectivity index (χ0v) is 14.4. The van der Waals surface area contributed by atoms with E-state index >= 15 is 0 Å². The maximum Gasteiger partial charge on any atom is 0.159 e. The molecule has 0 aromatic heterocycles. The number of nitrogens with one attached hydrogen (secondary N) is 1.